The lowest BCUT2D eigenvalue weighted by Crippen LogP contribution is -2.39. The number of aromatic nitrogens is 2. The molecule has 4 rings (SSSR count). The number of fused-ring (bicyclic) bond motifs is 1. The molecular weight excluding hydrogens is 412 g/mol. The van der Waals surface area contributed by atoms with E-state index in [4.69, 9.17) is 0 Å². The molecule has 0 atom stereocenters. The number of thioether (sulfide) groups is 1. The number of imidazole rings is 1. The second-order valence-electron chi connectivity index (χ2n) is 7.87. The van der Waals surface area contributed by atoms with Gasteiger partial charge in [-0.15, -0.1) is 11.8 Å². The first kappa shape index (κ1) is 21.2. The summed E-state index contributed by atoms with van der Waals surface area (Å²) in [6.07, 6.45) is 5.76. The maximum absolute atomic E-state index is 12.9. The van der Waals surface area contributed by atoms with Crippen molar-refractivity contribution in [2.24, 2.45) is 0 Å². The molecule has 0 radical (unpaired) electrons. The monoisotopic (exact) mass is 438 g/mol. The lowest BCUT2D eigenvalue weighted by molar-refractivity contribution is -0.129. The SMILES string of the molecule is CN(C(=O)CSc1ccccc1C(=O)Nc1ccc2[nH]c(=O)[nH]c2c1)C1CCCCC1. The van der Waals surface area contributed by atoms with E-state index in [1.807, 2.05) is 30.1 Å². The summed E-state index contributed by atoms with van der Waals surface area (Å²) in [7, 11) is 1.89. The molecule has 0 unspecified atom stereocenters. The molecule has 0 spiro atoms. The number of amides is 2. The Balaban J connectivity index is 1.42. The van der Waals surface area contributed by atoms with Crippen LogP contribution in [0.25, 0.3) is 11.0 Å². The van der Waals surface area contributed by atoms with Crippen molar-refractivity contribution in [3.8, 4) is 0 Å². The van der Waals surface area contributed by atoms with Crippen LogP contribution < -0.4 is 11.0 Å². The molecule has 0 aliphatic heterocycles. The fraction of sp³-hybridized carbons (Fsp3) is 0.348. The van der Waals surface area contributed by atoms with E-state index in [1.54, 1.807) is 24.3 Å². The minimum absolute atomic E-state index is 0.0916. The summed E-state index contributed by atoms with van der Waals surface area (Å²) in [5.74, 6) is 0.135. The van der Waals surface area contributed by atoms with Gasteiger partial charge < -0.3 is 20.2 Å². The molecule has 1 fully saturated rings. The highest BCUT2D eigenvalue weighted by Gasteiger charge is 2.22. The summed E-state index contributed by atoms with van der Waals surface area (Å²) in [6.45, 7) is 0. The standard InChI is InChI=1S/C23H26N4O3S/c1-27(16-7-3-2-4-8-16)21(28)14-31-20-10-6-5-9-17(20)22(29)24-15-11-12-18-19(13-15)26-23(30)25-18/h5-6,9-13,16H,2-4,7-8,14H2,1H3,(H,24,29)(H2,25,26,30). The van der Waals surface area contributed by atoms with E-state index in [1.165, 1.54) is 31.0 Å². The first-order valence-electron chi connectivity index (χ1n) is 10.5. The van der Waals surface area contributed by atoms with Crippen molar-refractivity contribution in [2.45, 2.75) is 43.0 Å². The maximum atomic E-state index is 12.9. The van der Waals surface area contributed by atoms with Crippen LogP contribution in [0.3, 0.4) is 0 Å². The average molecular weight is 439 g/mol. The Hall–Kier alpha value is -3.00. The highest BCUT2D eigenvalue weighted by Crippen LogP contribution is 2.26. The molecule has 3 aromatic rings. The Bertz CT molecular complexity index is 1150. The van der Waals surface area contributed by atoms with Gasteiger partial charge in [-0.1, -0.05) is 31.4 Å². The predicted octanol–water partition coefficient (Wildman–Crippen LogP) is 3.99. The summed E-state index contributed by atoms with van der Waals surface area (Å²) in [6, 6.07) is 12.8. The summed E-state index contributed by atoms with van der Waals surface area (Å²) < 4.78 is 0. The number of hydrogen-bond acceptors (Lipinski definition) is 4. The van der Waals surface area contributed by atoms with Gasteiger partial charge in [0.05, 0.1) is 22.3 Å². The number of hydrogen-bond donors (Lipinski definition) is 3. The first-order chi connectivity index (χ1) is 15.0. The molecule has 31 heavy (non-hydrogen) atoms. The number of carbonyl (C=O) groups is 2. The Morgan fingerprint density at radius 2 is 1.81 bits per heavy atom. The third kappa shape index (κ3) is 5.02. The summed E-state index contributed by atoms with van der Waals surface area (Å²) >= 11 is 1.39. The third-order valence-corrected chi connectivity index (χ3v) is 6.83. The van der Waals surface area contributed by atoms with Gasteiger partial charge in [0.15, 0.2) is 0 Å². The molecule has 2 aromatic carbocycles. The molecule has 1 heterocycles. The van der Waals surface area contributed by atoms with E-state index in [2.05, 4.69) is 15.3 Å². The molecule has 1 aromatic heterocycles. The lowest BCUT2D eigenvalue weighted by Gasteiger charge is -2.31. The van der Waals surface area contributed by atoms with Crippen molar-refractivity contribution in [3.63, 3.8) is 0 Å². The van der Waals surface area contributed by atoms with Crippen LogP contribution in [0.15, 0.2) is 52.2 Å². The quantitative estimate of drug-likeness (QED) is 0.507. The van der Waals surface area contributed by atoms with Gasteiger partial charge in [-0.3, -0.25) is 9.59 Å². The average Bonchev–Trinajstić information content (AvgIpc) is 3.17. The van der Waals surface area contributed by atoms with Crippen LogP contribution in [0.5, 0.6) is 0 Å². The van der Waals surface area contributed by atoms with E-state index in [9.17, 15) is 14.4 Å². The Kier molecular flexibility index (Phi) is 6.46. The van der Waals surface area contributed by atoms with Gasteiger partial charge in [0.2, 0.25) is 5.91 Å². The van der Waals surface area contributed by atoms with E-state index in [-0.39, 0.29) is 17.5 Å². The van der Waals surface area contributed by atoms with Crippen LogP contribution in [-0.4, -0.2) is 45.5 Å². The summed E-state index contributed by atoms with van der Waals surface area (Å²) in [5.41, 5.74) is 2.12. The third-order valence-electron chi connectivity index (χ3n) is 5.77. The predicted molar refractivity (Wildman–Crippen MR) is 124 cm³/mol. The van der Waals surface area contributed by atoms with Gasteiger partial charge in [0, 0.05) is 23.7 Å². The van der Waals surface area contributed by atoms with E-state index < -0.39 is 0 Å². The van der Waals surface area contributed by atoms with Crippen LogP contribution in [0, 0.1) is 0 Å². The van der Waals surface area contributed by atoms with Crippen molar-refractivity contribution >= 4 is 40.3 Å². The smallest absolute Gasteiger partial charge is 0.323 e. The number of nitrogens with one attached hydrogen (secondary N) is 3. The molecule has 8 heteroatoms. The molecular formula is C23H26N4O3S. The molecule has 1 aliphatic carbocycles. The second-order valence-corrected chi connectivity index (χ2v) is 8.89. The van der Waals surface area contributed by atoms with Crippen molar-refractivity contribution in [3.05, 3.63) is 58.5 Å². The molecule has 2 amide bonds. The van der Waals surface area contributed by atoms with Crippen LogP contribution in [0.1, 0.15) is 42.5 Å². The number of aromatic amines is 2. The number of anilines is 1. The van der Waals surface area contributed by atoms with Crippen molar-refractivity contribution in [1.29, 1.82) is 0 Å². The molecule has 1 saturated carbocycles. The van der Waals surface area contributed by atoms with Gasteiger partial charge in [-0.05, 0) is 43.2 Å². The zero-order chi connectivity index (χ0) is 21.8. The van der Waals surface area contributed by atoms with Gasteiger partial charge in [-0.2, -0.15) is 0 Å². The number of H-pyrrole nitrogens is 2. The topological polar surface area (TPSA) is 98.1 Å². The zero-order valence-corrected chi connectivity index (χ0v) is 18.3. The number of carbonyl (C=O) groups excluding carboxylic acids is 2. The van der Waals surface area contributed by atoms with Crippen LogP contribution in [-0.2, 0) is 4.79 Å². The highest BCUT2D eigenvalue weighted by molar-refractivity contribution is 8.00. The normalized spacial score (nSPS) is 14.5. The molecule has 1 aliphatic rings. The first-order valence-corrected chi connectivity index (χ1v) is 11.5. The summed E-state index contributed by atoms with van der Waals surface area (Å²) in [4.78, 5) is 45.0. The fourth-order valence-corrected chi connectivity index (χ4v) is 4.98. The Morgan fingerprint density at radius 3 is 2.61 bits per heavy atom. The second kappa shape index (κ2) is 9.43. The molecule has 7 nitrogen and oxygen atoms in total. The molecule has 0 saturated heterocycles. The lowest BCUT2D eigenvalue weighted by atomic mass is 9.94. The number of nitrogens with zero attached hydrogens (tertiary/aromatic N) is 1. The fourth-order valence-electron chi connectivity index (χ4n) is 4.00. The number of benzene rings is 2. The zero-order valence-electron chi connectivity index (χ0n) is 17.4. The van der Waals surface area contributed by atoms with Crippen molar-refractivity contribution in [1.82, 2.24) is 14.9 Å². The largest absolute Gasteiger partial charge is 0.342 e. The van der Waals surface area contributed by atoms with Crippen LogP contribution in [0.4, 0.5) is 5.69 Å². The van der Waals surface area contributed by atoms with Gasteiger partial charge >= 0.3 is 5.69 Å². The van der Waals surface area contributed by atoms with Gasteiger partial charge in [-0.25, -0.2) is 4.79 Å². The van der Waals surface area contributed by atoms with Crippen LogP contribution >= 0.6 is 11.8 Å². The minimum atomic E-state index is -0.289. The summed E-state index contributed by atoms with van der Waals surface area (Å²) in [5, 5.41) is 2.88. The van der Waals surface area contributed by atoms with E-state index in [0.29, 0.717) is 34.1 Å². The van der Waals surface area contributed by atoms with Crippen molar-refractivity contribution < 1.29 is 9.59 Å². The minimum Gasteiger partial charge on any atom is -0.342 e. The van der Waals surface area contributed by atoms with Gasteiger partial charge in [0.25, 0.3) is 5.91 Å². The highest BCUT2D eigenvalue weighted by atomic mass is 32.2. The molecule has 3 N–H and O–H groups in total. The Labute approximate surface area is 184 Å². The van der Waals surface area contributed by atoms with Gasteiger partial charge in [0.1, 0.15) is 0 Å². The molecule has 0 bridgehead atoms. The van der Waals surface area contributed by atoms with Crippen LogP contribution in [0.2, 0.25) is 0 Å². The maximum Gasteiger partial charge on any atom is 0.323 e. The molecule has 162 valence electrons. The Morgan fingerprint density at radius 1 is 1.06 bits per heavy atom. The van der Waals surface area contributed by atoms with Crippen molar-refractivity contribution in [2.75, 3.05) is 18.1 Å². The van der Waals surface area contributed by atoms with E-state index >= 15 is 0 Å². The number of rotatable bonds is 6. The van der Waals surface area contributed by atoms with E-state index in [0.717, 1.165) is 17.7 Å².